The van der Waals surface area contributed by atoms with Gasteiger partial charge >= 0.3 is 6.98 Å². The Morgan fingerprint density at radius 2 is 1.13 bits per heavy atom. The van der Waals surface area contributed by atoms with Crippen LogP contribution < -0.4 is 19.5 Å². The molecule has 1 aliphatic rings. The molecule has 3 aromatic heterocycles. The van der Waals surface area contributed by atoms with Gasteiger partial charge < -0.3 is 18.6 Å². The number of imidazole rings is 1. The van der Waals surface area contributed by atoms with Crippen molar-refractivity contribution in [3.8, 4) is 45.3 Å². The zero-order chi connectivity index (χ0) is 45.4. The largest absolute Gasteiger partial charge is 0.525 e. The minimum Gasteiger partial charge on any atom is -0.458 e. The number of rotatable bonds is 4. The topological polar surface area (TPSA) is 39.1 Å². The van der Waals surface area contributed by atoms with Gasteiger partial charge in [-0.25, -0.2) is 4.98 Å². The van der Waals surface area contributed by atoms with E-state index in [9.17, 15) is 0 Å². The normalized spacial score (nSPS) is 12.6. The highest BCUT2D eigenvalue weighted by Gasteiger charge is 2.42. The van der Waals surface area contributed by atoms with Crippen LogP contribution >= 0.6 is 0 Å². The average Bonchev–Trinajstić information content (AvgIpc) is 3.89. The summed E-state index contributed by atoms with van der Waals surface area (Å²) in [6, 6.07) is 71.6. The van der Waals surface area contributed by atoms with E-state index < -0.39 is 6.98 Å². The molecule has 8 bridgehead atoms. The lowest BCUT2D eigenvalue weighted by Gasteiger charge is -2.35. The lowest BCUT2D eigenvalue weighted by Crippen LogP contribution is -2.68. The summed E-state index contributed by atoms with van der Waals surface area (Å²) in [5, 5.41) is 2.28. The van der Waals surface area contributed by atoms with Gasteiger partial charge in [0.25, 0.3) is 0 Å². The van der Waals surface area contributed by atoms with Crippen LogP contribution in [0.15, 0.2) is 200 Å². The Labute approximate surface area is 391 Å². The Morgan fingerprint density at radius 1 is 0.537 bits per heavy atom. The first-order chi connectivity index (χ1) is 32.7. The first-order valence-corrected chi connectivity index (χ1v) is 23.1. The minimum absolute atomic E-state index is 0.265. The summed E-state index contributed by atoms with van der Waals surface area (Å²) in [5.41, 5.74) is 14.9. The van der Waals surface area contributed by atoms with Gasteiger partial charge in [0, 0.05) is 44.6 Å². The maximum absolute atomic E-state index is 6.80. The molecular formula is C60H48BN5O. The first-order valence-electron chi connectivity index (χ1n) is 23.1. The highest BCUT2D eigenvalue weighted by molar-refractivity contribution is 6.72. The van der Waals surface area contributed by atoms with E-state index in [1.165, 1.54) is 0 Å². The average molecular weight is 866 g/mol. The maximum atomic E-state index is 6.80. The fraction of sp³-hybridized carbons (Fsp3) is 0.100. The van der Waals surface area contributed by atoms with Crippen LogP contribution in [0.4, 0.5) is 11.5 Å². The third-order valence-electron chi connectivity index (χ3n) is 13.4. The summed E-state index contributed by atoms with van der Waals surface area (Å²) in [4.78, 5) is 8.51. The number of hydrogen-bond acceptors (Lipinski definition) is 3. The summed E-state index contributed by atoms with van der Waals surface area (Å²) in [6.45, 7) is 10.9. The lowest BCUT2D eigenvalue weighted by molar-refractivity contribution is -0.511. The number of fused-ring (bicyclic) bond motifs is 15. The standard InChI is InChI=1S/C60H48BN5O/c1-40-19-16-20-41(2)58(40)61-64-39-63(53-31-14-15-32-54(53)64)45-25-17-26-46(37-45)67-47-33-34-51-50-27-12-13-30-52(50)65(55(51)38-47)56-35-44(60(3,4)5)36-57(62-56)66(61)59-48(42-21-8-6-9-22-42)28-18-29-49(59)43-23-10-7-11-24-43/h6-38H,1-5H3. The van der Waals surface area contributed by atoms with Gasteiger partial charge in [0.05, 0.1) is 22.2 Å². The molecule has 0 amide bonds. The van der Waals surface area contributed by atoms with Crippen LogP contribution in [0.1, 0.15) is 37.5 Å². The van der Waals surface area contributed by atoms with Gasteiger partial charge in [-0.3, -0.25) is 4.57 Å². The van der Waals surface area contributed by atoms with E-state index in [-0.39, 0.29) is 5.41 Å². The van der Waals surface area contributed by atoms with Crippen LogP contribution in [-0.2, 0) is 5.41 Å². The smallest absolute Gasteiger partial charge is 0.458 e. The second kappa shape index (κ2) is 15.8. The van der Waals surface area contributed by atoms with E-state index in [0.717, 1.165) is 112 Å². The Morgan fingerprint density at radius 3 is 1.85 bits per heavy atom. The van der Waals surface area contributed by atoms with Gasteiger partial charge in [-0.1, -0.05) is 172 Å². The van der Waals surface area contributed by atoms with Gasteiger partial charge in [-0.05, 0) is 89.5 Å². The number of nitrogens with zero attached hydrogens (tertiary/aromatic N) is 5. The molecule has 0 unspecified atom stereocenters. The number of aromatic nitrogens is 4. The molecule has 67 heavy (non-hydrogen) atoms. The maximum Gasteiger partial charge on any atom is 0.525 e. The monoisotopic (exact) mass is 865 g/mol. The van der Waals surface area contributed by atoms with Crippen LogP contribution in [-0.4, -0.2) is 21.1 Å². The Kier molecular flexibility index (Phi) is 9.50. The summed E-state index contributed by atoms with van der Waals surface area (Å²) >= 11 is 0. The van der Waals surface area contributed by atoms with Gasteiger partial charge in [0.2, 0.25) is 6.33 Å². The van der Waals surface area contributed by atoms with Crippen molar-refractivity contribution >= 4 is 56.8 Å². The molecule has 7 heteroatoms. The van der Waals surface area contributed by atoms with Crippen LogP contribution in [0, 0.1) is 20.2 Å². The number of para-hydroxylation sites is 4. The Balaban J connectivity index is 1.32. The zero-order valence-electron chi connectivity index (χ0n) is 38.3. The van der Waals surface area contributed by atoms with Gasteiger partial charge in [0.1, 0.15) is 23.1 Å². The molecule has 12 rings (SSSR count). The first kappa shape index (κ1) is 40.4. The Bertz CT molecular complexity index is 3620. The summed E-state index contributed by atoms with van der Waals surface area (Å²) in [5.74, 6) is 3.10. The summed E-state index contributed by atoms with van der Waals surface area (Å²) < 4.78 is 13.7. The summed E-state index contributed by atoms with van der Waals surface area (Å²) in [7, 11) is 0. The lowest BCUT2D eigenvalue weighted by atomic mass is 9.60. The van der Waals surface area contributed by atoms with E-state index in [2.05, 4.69) is 253 Å². The zero-order valence-corrected chi connectivity index (χ0v) is 38.3. The van der Waals surface area contributed by atoms with Crippen LogP contribution in [0.25, 0.3) is 66.6 Å². The van der Waals surface area contributed by atoms with Gasteiger partial charge in [-0.15, -0.1) is 0 Å². The molecule has 0 atom stereocenters. The van der Waals surface area contributed by atoms with Crippen LogP contribution in [0.5, 0.6) is 11.5 Å². The molecule has 0 saturated carbocycles. The SMILES string of the molecule is Cc1cccc(C)c1B1N(c2c(-c3ccccc3)cccc2-c2ccccc2)c2cc(C(C)(C)C)cc(n2)-n2c3ccccc3c3ccc(cc32)Oc2cccc(c2)-n2[c-][n+]1c1ccccc12. The summed E-state index contributed by atoms with van der Waals surface area (Å²) in [6.07, 6.45) is 4.00. The predicted octanol–water partition coefficient (Wildman–Crippen LogP) is 13.6. The molecule has 0 fully saturated rings. The van der Waals surface area contributed by atoms with Crippen molar-refractivity contribution in [1.29, 1.82) is 0 Å². The van der Waals surface area contributed by atoms with Crippen molar-refractivity contribution in [2.45, 2.75) is 40.0 Å². The van der Waals surface area contributed by atoms with Crippen LogP contribution in [0.3, 0.4) is 0 Å². The minimum atomic E-state index is -0.507. The molecule has 1 aliphatic heterocycles. The molecule has 11 aromatic rings. The van der Waals surface area contributed by atoms with E-state index in [0.29, 0.717) is 0 Å². The highest BCUT2D eigenvalue weighted by Crippen LogP contribution is 2.45. The second-order valence-corrected chi connectivity index (χ2v) is 18.7. The van der Waals surface area contributed by atoms with Crippen molar-refractivity contribution in [2.24, 2.45) is 0 Å². The van der Waals surface area contributed by atoms with Gasteiger partial charge in [0.15, 0.2) is 0 Å². The molecule has 6 nitrogen and oxygen atoms in total. The quantitative estimate of drug-likeness (QED) is 0.131. The van der Waals surface area contributed by atoms with E-state index >= 15 is 0 Å². The predicted molar refractivity (Wildman–Crippen MR) is 276 cm³/mol. The number of hydrogen-bond donors (Lipinski definition) is 0. The second-order valence-electron chi connectivity index (χ2n) is 18.7. The molecule has 322 valence electrons. The van der Waals surface area contributed by atoms with Crippen molar-refractivity contribution < 1.29 is 9.21 Å². The van der Waals surface area contributed by atoms with Crippen molar-refractivity contribution in [3.05, 3.63) is 223 Å². The molecule has 4 heterocycles. The fourth-order valence-electron chi connectivity index (χ4n) is 10.2. The molecule has 8 aromatic carbocycles. The highest BCUT2D eigenvalue weighted by atomic mass is 16.5. The third-order valence-corrected chi connectivity index (χ3v) is 13.4. The molecule has 0 saturated heterocycles. The number of aryl methyl sites for hydroxylation is 2. The molecular weight excluding hydrogens is 818 g/mol. The van der Waals surface area contributed by atoms with E-state index in [1.54, 1.807) is 0 Å². The van der Waals surface area contributed by atoms with Gasteiger partial charge in [-0.2, -0.15) is 0 Å². The number of anilines is 2. The number of benzene rings is 8. The molecule has 0 N–H and O–H groups in total. The Hall–Kier alpha value is -8.16. The molecule has 0 spiro atoms. The fourth-order valence-corrected chi connectivity index (χ4v) is 10.2. The van der Waals surface area contributed by atoms with Crippen molar-refractivity contribution in [2.75, 3.05) is 4.81 Å². The van der Waals surface area contributed by atoms with Crippen molar-refractivity contribution in [1.82, 2.24) is 14.1 Å². The molecule has 0 radical (unpaired) electrons. The van der Waals surface area contributed by atoms with E-state index in [4.69, 9.17) is 9.72 Å². The number of ether oxygens (including phenoxy) is 1. The molecule has 0 aliphatic carbocycles. The third kappa shape index (κ3) is 6.80. The van der Waals surface area contributed by atoms with E-state index in [1.807, 2.05) is 6.07 Å². The number of pyridine rings is 1. The van der Waals surface area contributed by atoms with Crippen molar-refractivity contribution in [3.63, 3.8) is 0 Å². The van der Waals surface area contributed by atoms with Crippen LogP contribution in [0.2, 0.25) is 0 Å².